The molecule has 2 aromatic carbocycles. The van der Waals surface area contributed by atoms with E-state index in [0.717, 1.165) is 25.1 Å². The van der Waals surface area contributed by atoms with Crippen molar-refractivity contribution in [1.82, 2.24) is 5.32 Å². The summed E-state index contributed by atoms with van der Waals surface area (Å²) in [4.78, 5) is 0.452. The molecule has 1 unspecified atom stereocenters. The summed E-state index contributed by atoms with van der Waals surface area (Å²) in [6.45, 7) is 5.18. The van der Waals surface area contributed by atoms with Crippen LogP contribution in [0.15, 0.2) is 58.3 Å². The summed E-state index contributed by atoms with van der Waals surface area (Å²) in [7, 11) is -3.61. The Morgan fingerprint density at radius 1 is 1.15 bits per heavy atom. The number of nitrogens with one attached hydrogen (secondary N) is 1. The fourth-order valence-corrected chi connectivity index (χ4v) is 4.35. The number of hydrogen-bond acceptors (Lipinski definition) is 5. The lowest BCUT2D eigenvalue weighted by atomic mass is 9.97. The summed E-state index contributed by atoms with van der Waals surface area (Å²) in [5.74, 6) is 0.804. The van der Waals surface area contributed by atoms with E-state index in [4.69, 9.17) is 4.74 Å². The van der Waals surface area contributed by atoms with Gasteiger partial charge in [0, 0.05) is 12.5 Å². The van der Waals surface area contributed by atoms with Gasteiger partial charge in [-0.15, -0.1) is 0 Å². The molecule has 0 saturated carbocycles. The molecule has 0 aliphatic carbocycles. The molecule has 0 spiro atoms. The molecule has 0 bridgehead atoms. The highest BCUT2D eigenvalue weighted by atomic mass is 32.2. The van der Waals surface area contributed by atoms with Gasteiger partial charge in [0.25, 0.3) is 0 Å². The first-order chi connectivity index (χ1) is 12.3. The lowest BCUT2D eigenvalue weighted by Crippen LogP contribution is -2.28. The van der Waals surface area contributed by atoms with Crippen LogP contribution >= 0.6 is 0 Å². The molecule has 0 amide bonds. The van der Waals surface area contributed by atoms with Crippen molar-refractivity contribution in [2.75, 3.05) is 19.7 Å². The molecule has 2 N–H and O–H groups in total. The Hall–Kier alpha value is -1.89. The van der Waals surface area contributed by atoms with E-state index in [0.29, 0.717) is 5.75 Å². The van der Waals surface area contributed by atoms with Crippen LogP contribution in [-0.4, -0.2) is 38.8 Å². The van der Waals surface area contributed by atoms with E-state index < -0.39 is 15.4 Å². The maximum atomic E-state index is 12.9. The first kappa shape index (κ1) is 18.9. The number of hydrogen-bond donors (Lipinski definition) is 2. The molecule has 140 valence electrons. The highest BCUT2D eigenvalue weighted by molar-refractivity contribution is 7.91. The molecule has 3 rings (SSSR count). The van der Waals surface area contributed by atoms with Crippen molar-refractivity contribution < 1.29 is 18.3 Å². The summed E-state index contributed by atoms with van der Waals surface area (Å²) in [5, 5.41) is 13.3. The standard InChI is InChI=1S/C20H25NO4S/c1-20(2,22)14-25-19-12-17(8-9-18(19)15-10-11-21-13-15)26(23,24)16-6-4-3-5-7-16/h3-9,12,15,21-22H,10-11,13-14H2,1-2H3. The van der Waals surface area contributed by atoms with Crippen LogP contribution in [0.2, 0.25) is 0 Å². The minimum Gasteiger partial charge on any atom is -0.490 e. The first-order valence-electron chi connectivity index (χ1n) is 8.77. The van der Waals surface area contributed by atoms with Crippen molar-refractivity contribution in [2.24, 2.45) is 0 Å². The molecule has 1 aliphatic rings. The summed E-state index contributed by atoms with van der Waals surface area (Å²) in [5.41, 5.74) is -0.0225. The lowest BCUT2D eigenvalue weighted by molar-refractivity contribution is 0.0280. The predicted molar refractivity (Wildman–Crippen MR) is 100 cm³/mol. The van der Waals surface area contributed by atoms with Crippen LogP contribution in [0.3, 0.4) is 0 Å². The molecule has 1 heterocycles. The molecule has 5 nitrogen and oxygen atoms in total. The highest BCUT2D eigenvalue weighted by Gasteiger charge is 2.25. The maximum Gasteiger partial charge on any atom is 0.206 e. The van der Waals surface area contributed by atoms with E-state index in [1.54, 1.807) is 56.3 Å². The Morgan fingerprint density at radius 2 is 1.88 bits per heavy atom. The van der Waals surface area contributed by atoms with Gasteiger partial charge in [-0.2, -0.15) is 0 Å². The zero-order valence-electron chi connectivity index (χ0n) is 15.1. The van der Waals surface area contributed by atoms with Gasteiger partial charge in [0.1, 0.15) is 12.4 Å². The van der Waals surface area contributed by atoms with Crippen molar-refractivity contribution in [1.29, 1.82) is 0 Å². The second kappa shape index (κ2) is 7.39. The van der Waals surface area contributed by atoms with E-state index in [2.05, 4.69) is 5.32 Å². The molecular weight excluding hydrogens is 350 g/mol. The second-order valence-corrected chi connectivity index (χ2v) is 9.26. The summed E-state index contributed by atoms with van der Waals surface area (Å²) in [6.07, 6.45) is 0.976. The number of aliphatic hydroxyl groups is 1. The van der Waals surface area contributed by atoms with E-state index >= 15 is 0 Å². The lowest BCUT2D eigenvalue weighted by Gasteiger charge is -2.22. The molecule has 1 aliphatic heterocycles. The molecule has 0 radical (unpaired) electrons. The van der Waals surface area contributed by atoms with Crippen LogP contribution in [0, 0.1) is 0 Å². The van der Waals surface area contributed by atoms with E-state index in [1.165, 1.54) is 0 Å². The monoisotopic (exact) mass is 375 g/mol. The summed E-state index contributed by atoms with van der Waals surface area (Å²) < 4.78 is 31.6. The van der Waals surface area contributed by atoms with Gasteiger partial charge in [-0.05, 0) is 56.6 Å². The Morgan fingerprint density at radius 3 is 2.50 bits per heavy atom. The van der Waals surface area contributed by atoms with Crippen LogP contribution in [-0.2, 0) is 9.84 Å². The normalized spacial score (nSPS) is 18.0. The van der Waals surface area contributed by atoms with Crippen LogP contribution in [0.4, 0.5) is 0 Å². The van der Waals surface area contributed by atoms with E-state index in [1.807, 2.05) is 6.07 Å². The van der Waals surface area contributed by atoms with Crippen molar-refractivity contribution >= 4 is 9.84 Å². The molecule has 26 heavy (non-hydrogen) atoms. The first-order valence-corrected chi connectivity index (χ1v) is 10.3. The third-order valence-corrected chi connectivity index (χ3v) is 6.20. The average molecular weight is 375 g/mol. The van der Waals surface area contributed by atoms with Gasteiger partial charge in [-0.1, -0.05) is 24.3 Å². The van der Waals surface area contributed by atoms with Crippen LogP contribution < -0.4 is 10.1 Å². The molecule has 1 atom stereocenters. The fraction of sp³-hybridized carbons (Fsp3) is 0.400. The maximum absolute atomic E-state index is 12.9. The largest absolute Gasteiger partial charge is 0.490 e. The van der Waals surface area contributed by atoms with Gasteiger partial charge in [0.2, 0.25) is 9.84 Å². The zero-order chi connectivity index (χ0) is 18.8. The van der Waals surface area contributed by atoms with Crippen LogP contribution in [0.1, 0.15) is 31.7 Å². The minimum absolute atomic E-state index is 0.0922. The second-order valence-electron chi connectivity index (χ2n) is 7.31. The quantitative estimate of drug-likeness (QED) is 0.812. The third kappa shape index (κ3) is 4.26. The van der Waals surface area contributed by atoms with Crippen molar-refractivity contribution in [3.8, 4) is 5.75 Å². The Kier molecular flexibility index (Phi) is 5.37. The van der Waals surface area contributed by atoms with Gasteiger partial charge in [0.15, 0.2) is 0 Å². The summed E-state index contributed by atoms with van der Waals surface area (Å²) in [6, 6.07) is 13.4. The third-order valence-electron chi connectivity index (χ3n) is 4.43. The number of sulfone groups is 1. The molecule has 1 fully saturated rings. The van der Waals surface area contributed by atoms with E-state index in [-0.39, 0.29) is 22.3 Å². The molecule has 1 saturated heterocycles. The van der Waals surface area contributed by atoms with Crippen molar-refractivity contribution in [3.63, 3.8) is 0 Å². The smallest absolute Gasteiger partial charge is 0.206 e. The Balaban J connectivity index is 2.00. The Bertz CT molecular complexity index is 851. The van der Waals surface area contributed by atoms with Gasteiger partial charge < -0.3 is 15.2 Å². The van der Waals surface area contributed by atoms with Gasteiger partial charge in [-0.3, -0.25) is 0 Å². The highest BCUT2D eigenvalue weighted by Crippen LogP contribution is 2.34. The molecule has 0 aromatic heterocycles. The molecule has 2 aromatic rings. The van der Waals surface area contributed by atoms with Crippen molar-refractivity contribution in [3.05, 3.63) is 54.1 Å². The van der Waals surface area contributed by atoms with Gasteiger partial charge >= 0.3 is 0 Å². The average Bonchev–Trinajstić information content (AvgIpc) is 3.14. The molecular formula is C20H25NO4S. The number of benzene rings is 2. The number of rotatable bonds is 6. The fourth-order valence-electron chi connectivity index (χ4n) is 3.05. The minimum atomic E-state index is -3.61. The Labute approximate surface area is 154 Å². The van der Waals surface area contributed by atoms with Crippen LogP contribution in [0.5, 0.6) is 5.75 Å². The van der Waals surface area contributed by atoms with E-state index in [9.17, 15) is 13.5 Å². The zero-order valence-corrected chi connectivity index (χ0v) is 15.9. The van der Waals surface area contributed by atoms with Crippen LogP contribution in [0.25, 0.3) is 0 Å². The number of ether oxygens (including phenoxy) is 1. The van der Waals surface area contributed by atoms with Gasteiger partial charge in [0.05, 0.1) is 15.4 Å². The van der Waals surface area contributed by atoms with Crippen molar-refractivity contribution in [2.45, 2.75) is 41.6 Å². The summed E-state index contributed by atoms with van der Waals surface area (Å²) >= 11 is 0. The SMILES string of the molecule is CC(C)(O)COc1cc(S(=O)(=O)c2ccccc2)ccc1C1CCNC1. The molecule has 6 heteroatoms. The predicted octanol–water partition coefficient (Wildman–Crippen LogP) is 2.75. The topological polar surface area (TPSA) is 75.6 Å². The van der Waals surface area contributed by atoms with Gasteiger partial charge in [-0.25, -0.2) is 8.42 Å².